The number of carbonyl (C=O) groups is 2. The Balaban J connectivity index is 1.50. The summed E-state index contributed by atoms with van der Waals surface area (Å²) >= 11 is 0. The molecule has 3 amide bonds. The van der Waals surface area contributed by atoms with E-state index in [9.17, 15) is 9.59 Å². The van der Waals surface area contributed by atoms with Crippen LogP contribution in [0.3, 0.4) is 0 Å². The van der Waals surface area contributed by atoms with Crippen molar-refractivity contribution in [3.8, 4) is 11.5 Å². The number of imide groups is 1. The first-order chi connectivity index (χ1) is 16.0. The summed E-state index contributed by atoms with van der Waals surface area (Å²) in [6, 6.07) is 22.7. The highest BCUT2D eigenvalue weighted by molar-refractivity contribution is 6.13. The Bertz CT molecular complexity index is 1170. The average molecular weight is 443 g/mol. The Morgan fingerprint density at radius 2 is 1.64 bits per heavy atom. The van der Waals surface area contributed by atoms with Gasteiger partial charge in [-0.25, -0.2) is 4.79 Å². The molecule has 1 fully saturated rings. The van der Waals surface area contributed by atoms with Crippen LogP contribution in [0.4, 0.5) is 4.79 Å². The van der Waals surface area contributed by atoms with E-state index in [0.717, 1.165) is 22.3 Å². The number of rotatable bonds is 8. The van der Waals surface area contributed by atoms with E-state index in [2.05, 4.69) is 5.32 Å². The van der Waals surface area contributed by atoms with E-state index in [0.29, 0.717) is 24.7 Å². The second kappa shape index (κ2) is 10.0. The largest absolute Gasteiger partial charge is 0.490 e. The molecule has 0 aliphatic carbocycles. The molecule has 6 nitrogen and oxygen atoms in total. The highest BCUT2D eigenvalue weighted by Gasteiger charge is 2.33. The fraction of sp³-hybridized carbons (Fsp3) is 0.185. The van der Waals surface area contributed by atoms with E-state index in [-0.39, 0.29) is 18.1 Å². The van der Waals surface area contributed by atoms with Crippen molar-refractivity contribution in [3.63, 3.8) is 0 Å². The van der Waals surface area contributed by atoms with Crippen LogP contribution in [0.1, 0.15) is 29.2 Å². The van der Waals surface area contributed by atoms with Crippen molar-refractivity contribution in [2.75, 3.05) is 6.61 Å². The van der Waals surface area contributed by atoms with E-state index >= 15 is 0 Å². The number of nitrogens with zero attached hydrogens (tertiary/aromatic N) is 1. The number of aryl methyl sites for hydroxylation is 1. The second-order valence-corrected chi connectivity index (χ2v) is 7.78. The summed E-state index contributed by atoms with van der Waals surface area (Å²) in [4.78, 5) is 26.5. The van der Waals surface area contributed by atoms with Crippen LogP contribution in [-0.4, -0.2) is 23.4 Å². The van der Waals surface area contributed by atoms with Crippen LogP contribution >= 0.6 is 0 Å². The molecule has 0 radical (unpaired) electrons. The molecule has 1 aliphatic heterocycles. The summed E-state index contributed by atoms with van der Waals surface area (Å²) in [5.74, 6) is 0.838. The van der Waals surface area contributed by atoms with Crippen LogP contribution in [0.25, 0.3) is 6.08 Å². The van der Waals surface area contributed by atoms with E-state index in [1.807, 2.05) is 80.6 Å². The van der Waals surface area contributed by atoms with Gasteiger partial charge < -0.3 is 14.8 Å². The maximum Gasteiger partial charge on any atom is 0.329 e. The van der Waals surface area contributed by atoms with Crippen molar-refractivity contribution in [2.45, 2.75) is 27.0 Å². The molecular formula is C27H26N2O4. The first-order valence-corrected chi connectivity index (χ1v) is 10.9. The van der Waals surface area contributed by atoms with Crippen LogP contribution in [0, 0.1) is 6.92 Å². The van der Waals surface area contributed by atoms with Gasteiger partial charge in [0.15, 0.2) is 11.5 Å². The Morgan fingerprint density at radius 1 is 0.879 bits per heavy atom. The molecule has 1 aliphatic rings. The molecule has 0 bridgehead atoms. The average Bonchev–Trinajstić information content (AvgIpc) is 3.08. The quantitative estimate of drug-likeness (QED) is 0.391. The molecule has 1 N–H and O–H groups in total. The fourth-order valence-electron chi connectivity index (χ4n) is 3.50. The minimum absolute atomic E-state index is 0.221. The second-order valence-electron chi connectivity index (χ2n) is 7.78. The molecule has 0 unspecified atom stereocenters. The lowest BCUT2D eigenvalue weighted by molar-refractivity contribution is -0.123. The maximum atomic E-state index is 12.8. The molecule has 0 aromatic heterocycles. The number of hydrogen-bond donors (Lipinski definition) is 1. The SMILES string of the molecule is CCOc1cc(/C=C2/NC(=O)N(Cc3ccc(C)cc3)C2=O)ccc1OCc1ccccc1. The molecule has 33 heavy (non-hydrogen) atoms. The molecular weight excluding hydrogens is 416 g/mol. The van der Waals surface area contributed by atoms with Gasteiger partial charge in [-0.05, 0) is 48.7 Å². The summed E-state index contributed by atoms with van der Waals surface area (Å²) in [6.45, 7) is 5.01. The zero-order chi connectivity index (χ0) is 23.2. The standard InChI is InChI=1S/C27H26N2O4/c1-3-32-25-16-22(13-14-24(25)33-18-21-7-5-4-6-8-21)15-23-26(30)29(27(31)28-23)17-20-11-9-19(2)10-12-20/h4-16H,3,17-18H2,1-2H3,(H,28,31)/b23-15+. The fourth-order valence-corrected chi connectivity index (χ4v) is 3.50. The number of ether oxygens (including phenoxy) is 2. The van der Waals surface area contributed by atoms with E-state index in [4.69, 9.17) is 9.47 Å². The van der Waals surface area contributed by atoms with Crippen molar-refractivity contribution in [2.24, 2.45) is 0 Å². The monoisotopic (exact) mass is 442 g/mol. The van der Waals surface area contributed by atoms with Gasteiger partial charge in [-0.3, -0.25) is 9.69 Å². The van der Waals surface area contributed by atoms with Crippen LogP contribution in [0.15, 0.2) is 78.5 Å². The molecule has 1 heterocycles. The van der Waals surface area contributed by atoms with Crippen LogP contribution in [-0.2, 0) is 17.9 Å². The molecule has 0 saturated carbocycles. The summed E-state index contributed by atoms with van der Waals surface area (Å²) < 4.78 is 11.7. The normalized spacial score (nSPS) is 14.5. The van der Waals surface area contributed by atoms with Gasteiger partial charge in [0.1, 0.15) is 12.3 Å². The first-order valence-electron chi connectivity index (χ1n) is 10.9. The van der Waals surface area contributed by atoms with Gasteiger partial charge in [-0.2, -0.15) is 0 Å². The summed E-state index contributed by atoms with van der Waals surface area (Å²) in [5, 5.41) is 2.67. The molecule has 6 heteroatoms. The molecule has 0 spiro atoms. The summed E-state index contributed by atoms with van der Waals surface area (Å²) in [7, 11) is 0. The Hall–Kier alpha value is -4.06. The van der Waals surface area contributed by atoms with Gasteiger partial charge in [0.05, 0.1) is 13.2 Å². The molecule has 4 rings (SSSR count). The zero-order valence-corrected chi connectivity index (χ0v) is 18.7. The third kappa shape index (κ3) is 5.41. The van der Waals surface area contributed by atoms with Gasteiger partial charge in [0.25, 0.3) is 5.91 Å². The van der Waals surface area contributed by atoms with Crippen molar-refractivity contribution < 1.29 is 19.1 Å². The molecule has 0 atom stereocenters. The van der Waals surface area contributed by atoms with Crippen molar-refractivity contribution >= 4 is 18.0 Å². The minimum Gasteiger partial charge on any atom is -0.490 e. The zero-order valence-electron chi connectivity index (χ0n) is 18.7. The molecule has 168 valence electrons. The lowest BCUT2D eigenvalue weighted by Gasteiger charge is -2.13. The third-order valence-corrected chi connectivity index (χ3v) is 5.24. The summed E-state index contributed by atoms with van der Waals surface area (Å²) in [6.07, 6.45) is 1.65. The van der Waals surface area contributed by atoms with Gasteiger partial charge in [-0.15, -0.1) is 0 Å². The molecule has 3 aromatic carbocycles. The summed E-state index contributed by atoms with van der Waals surface area (Å²) in [5.41, 5.74) is 4.03. The van der Waals surface area contributed by atoms with E-state index in [1.165, 1.54) is 4.90 Å². The van der Waals surface area contributed by atoms with Crippen LogP contribution in [0.2, 0.25) is 0 Å². The Kier molecular flexibility index (Phi) is 6.74. The highest BCUT2D eigenvalue weighted by atomic mass is 16.5. The van der Waals surface area contributed by atoms with Gasteiger partial charge >= 0.3 is 6.03 Å². The maximum absolute atomic E-state index is 12.8. The van der Waals surface area contributed by atoms with Crippen LogP contribution < -0.4 is 14.8 Å². The van der Waals surface area contributed by atoms with Gasteiger partial charge in [0.2, 0.25) is 0 Å². The van der Waals surface area contributed by atoms with Crippen molar-refractivity contribution in [1.29, 1.82) is 0 Å². The predicted octanol–water partition coefficient (Wildman–Crippen LogP) is 5.07. The smallest absolute Gasteiger partial charge is 0.329 e. The first kappa shape index (κ1) is 22.1. The van der Waals surface area contributed by atoms with Gasteiger partial charge in [0, 0.05) is 0 Å². The Labute approximate surface area is 193 Å². The van der Waals surface area contributed by atoms with Crippen molar-refractivity contribution in [1.82, 2.24) is 10.2 Å². The number of benzene rings is 3. The number of hydrogen-bond acceptors (Lipinski definition) is 4. The topological polar surface area (TPSA) is 67.9 Å². The molecule has 3 aromatic rings. The molecule has 1 saturated heterocycles. The van der Waals surface area contributed by atoms with Crippen molar-refractivity contribution in [3.05, 3.63) is 101 Å². The Morgan fingerprint density at radius 3 is 2.36 bits per heavy atom. The van der Waals surface area contributed by atoms with Crippen LogP contribution in [0.5, 0.6) is 11.5 Å². The van der Waals surface area contributed by atoms with E-state index < -0.39 is 6.03 Å². The lowest BCUT2D eigenvalue weighted by atomic mass is 10.1. The number of amides is 3. The third-order valence-electron chi connectivity index (χ3n) is 5.24. The number of nitrogens with one attached hydrogen (secondary N) is 1. The predicted molar refractivity (Wildman–Crippen MR) is 127 cm³/mol. The number of carbonyl (C=O) groups excluding carboxylic acids is 2. The lowest BCUT2D eigenvalue weighted by Crippen LogP contribution is -2.30. The van der Waals surface area contributed by atoms with E-state index in [1.54, 1.807) is 12.1 Å². The minimum atomic E-state index is -0.431. The number of urea groups is 1. The highest BCUT2D eigenvalue weighted by Crippen LogP contribution is 2.30. The van der Waals surface area contributed by atoms with Gasteiger partial charge in [-0.1, -0.05) is 66.2 Å².